The normalized spacial score (nSPS) is 10.2. The molecule has 0 aliphatic carbocycles. The Hall–Kier alpha value is -2.83. The van der Waals surface area contributed by atoms with E-state index in [2.05, 4.69) is 5.10 Å². The molecule has 0 spiro atoms. The molecule has 7 nitrogen and oxygen atoms in total. The second kappa shape index (κ2) is 4.21. The van der Waals surface area contributed by atoms with Crippen LogP contribution < -0.4 is 11.5 Å². The van der Waals surface area contributed by atoms with Gasteiger partial charge in [-0.05, 0) is 12.1 Å². The predicted molar refractivity (Wildman–Crippen MR) is 63.5 cm³/mol. The zero-order chi connectivity index (χ0) is 13.3. The number of carbonyl (C=O) groups excluding carboxylic acids is 1. The van der Waals surface area contributed by atoms with Gasteiger partial charge in [-0.3, -0.25) is 4.79 Å². The van der Waals surface area contributed by atoms with Gasteiger partial charge in [-0.1, -0.05) is 12.1 Å². The van der Waals surface area contributed by atoms with Gasteiger partial charge < -0.3 is 16.6 Å². The minimum atomic E-state index is -1.23. The molecule has 0 atom stereocenters. The zero-order valence-corrected chi connectivity index (χ0v) is 9.20. The molecule has 92 valence electrons. The monoisotopic (exact) mass is 246 g/mol. The molecular formula is C11H10N4O3. The molecule has 2 aromatic rings. The fourth-order valence-electron chi connectivity index (χ4n) is 1.56. The van der Waals surface area contributed by atoms with Crippen LogP contribution in [0.15, 0.2) is 30.5 Å². The molecule has 0 unspecified atom stereocenters. The van der Waals surface area contributed by atoms with Crippen molar-refractivity contribution in [3.8, 4) is 5.69 Å². The maximum atomic E-state index is 11.3. The molecule has 0 saturated carbocycles. The summed E-state index contributed by atoms with van der Waals surface area (Å²) in [6, 6.07) is 6.45. The number of carboxylic acid groups (broad SMARTS) is 1. The summed E-state index contributed by atoms with van der Waals surface area (Å²) < 4.78 is 1.22. The predicted octanol–water partition coefficient (Wildman–Crippen LogP) is 0.252. The molecule has 1 aromatic heterocycles. The molecular weight excluding hydrogens is 236 g/mol. The highest BCUT2D eigenvalue weighted by Crippen LogP contribution is 2.17. The van der Waals surface area contributed by atoms with Gasteiger partial charge in [-0.2, -0.15) is 5.10 Å². The number of aromatic nitrogens is 2. The molecule has 18 heavy (non-hydrogen) atoms. The summed E-state index contributed by atoms with van der Waals surface area (Å²) in [5.41, 5.74) is 11.1. The highest BCUT2D eigenvalue weighted by Gasteiger charge is 2.16. The maximum Gasteiger partial charge on any atom is 0.358 e. The van der Waals surface area contributed by atoms with Crippen molar-refractivity contribution in [1.82, 2.24) is 9.78 Å². The average molecular weight is 246 g/mol. The summed E-state index contributed by atoms with van der Waals surface area (Å²) in [5.74, 6) is -1.86. The second-order valence-corrected chi connectivity index (χ2v) is 3.56. The van der Waals surface area contributed by atoms with Crippen LogP contribution in [0.4, 0.5) is 5.69 Å². The van der Waals surface area contributed by atoms with Crippen LogP contribution in [0.25, 0.3) is 5.69 Å². The largest absolute Gasteiger partial charge is 0.476 e. The van der Waals surface area contributed by atoms with Gasteiger partial charge in [-0.15, -0.1) is 0 Å². The van der Waals surface area contributed by atoms with Gasteiger partial charge in [-0.25, -0.2) is 9.48 Å². The lowest BCUT2D eigenvalue weighted by molar-refractivity contribution is 0.0691. The number of rotatable bonds is 3. The maximum absolute atomic E-state index is 11.3. The number of amides is 1. The number of carbonyl (C=O) groups is 2. The topological polar surface area (TPSA) is 124 Å². The van der Waals surface area contributed by atoms with Gasteiger partial charge in [0.2, 0.25) is 0 Å². The van der Waals surface area contributed by atoms with Crippen molar-refractivity contribution in [2.45, 2.75) is 0 Å². The Kier molecular flexibility index (Phi) is 2.72. The summed E-state index contributed by atoms with van der Waals surface area (Å²) in [5, 5.41) is 12.7. The van der Waals surface area contributed by atoms with Crippen LogP contribution in [0.1, 0.15) is 20.8 Å². The number of nitrogens with zero attached hydrogens (tertiary/aromatic N) is 2. The standard InChI is InChI=1S/C11H10N4O3/c12-7-5-15(14-9(7)11(17)18)8-4-2-1-3-6(8)10(13)16/h1-5H,12H2,(H2,13,16)(H,17,18). The lowest BCUT2D eigenvalue weighted by atomic mass is 10.1. The lowest BCUT2D eigenvalue weighted by Gasteiger charge is -2.05. The highest BCUT2D eigenvalue weighted by atomic mass is 16.4. The first-order valence-corrected chi connectivity index (χ1v) is 4.98. The van der Waals surface area contributed by atoms with Gasteiger partial charge >= 0.3 is 5.97 Å². The van der Waals surface area contributed by atoms with Gasteiger partial charge in [0.15, 0.2) is 5.69 Å². The molecule has 5 N–H and O–H groups in total. The highest BCUT2D eigenvalue weighted by molar-refractivity contribution is 5.96. The third-order valence-electron chi connectivity index (χ3n) is 2.36. The summed E-state index contributed by atoms with van der Waals surface area (Å²) >= 11 is 0. The molecule has 2 rings (SSSR count). The Morgan fingerprint density at radius 1 is 1.28 bits per heavy atom. The molecule has 1 amide bonds. The van der Waals surface area contributed by atoms with E-state index in [1.807, 2.05) is 0 Å². The van der Waals surface area contributed by atoms with E-state index < -0.39 is 11.9 Å². The number of para-hydroxylation sites is 1. The van der Waals surface area contributed by atoms with Crippen molar-refractivity contribution < 1.29 is 14.7 Å². The molecule has 0 fully saturated rings. The van der Waals surface area contributed by atoms with Crippen LogP contribution in [0.3, 0.4) is 0 Å². The molecule has 0 saturated heterocycles. The summed E-state index contributed by atoms with van der Waals surface area (Å²) in [6.07, 6.45) is 1.32. The Morgan fingerprint density at radius 3 is 2.50 bits per heavy atom. The summed E-state index contributed by atoms with van der Waals surface area (Å²) in [7, 11) is 0. The van der Waals surface area contributed by atoms with Crippen LogP contribution in [0.2, 0.25) is 0 Å². The Morgan fingerprint density at radius 2 is 1.94 bits per heavy atom. The lowest BCUT2D eigenvalue weighted by Crippen LogP contribution is -2.15. The van der Waals surface area contributed by atoms with E-state index >= 15 is 0 Å². The Labute approximate surface area is 102 Å². The minimum Gasteiger partial charge on any atom is -0.476 e. The number of anilines is 1. The van der Waals surface area contributed by atoms with E-state index in [1.54, 1.807) is 18.2 Å². The first kappa shape index (κ1) is 11.6. The number of hydrogen-bond acceptors (Lipinski definition) is 4. The number of aromatic carboxylic acids is 1. The van der Waals surface area contributed by atoms with Crippen molar-refractivity contribution in [1.29, 1.82) is 0 Å². The first-order chi connectivity index (χ1) is 8.50. The number of nitrogen functional groups attached to an aromatic ring is 1. The van der Waals surface area contributed by atoms with Crippen molar-refractivity contribution in [2.24, 2.45) is 5.73 Å². The van der Waals surface area contributed by atoms with Crippen molar-refractivity contribution in [2.75, 3.05) is 5.73 Å². The van der Waals surface area contributed by atoms with E-state index in [9.17, 15) is 9.59 Å². The number of primary amides is 1. The van der Waals surface area contributed by atoms with Crippen LogP contribution in [-0.2, 0) is 0 Å². The van der Waals surface area contributed by atoms with Crippen LogP contribution in [-0.4, -0.2) is 26.8 Å². The number of carboxylic acids is 1. The second-order valence-electron chi connectivity index (χ2n) is 3.56. The van der Waals surface area contributed by atoms with Crippen LogP contribution in [0, 0.1) is 0 Å². The quantitative estimate of drug-likeness (QED) is 0.716. The van der Waals surface area contributed by atoms with Gasteiger partial charge in [0, 0.05) is 0 Å². The number of benzene rings is 1. The van der Waals surface area contributed by atoms with E-state index in [1.165, 1.54) is 16.9 Å². The Bertz CT molecular complexity index is 633. The average Bonchev–Trinajstić information content (AvgIpc) is 2.71. The third-order valence-corrected chi connectivity index (χ3v) is 2.36. The molecule has 0 radical (unpaired) electrons. The number of nitrogens with two attached hydrogens (primary N) is 2. The van der Waals surface area contributed by atoms with E-state index in [4.69, 9.17) is 16.6 Å². The molecule has 0 aliphatic heterocycles. The van der Waals surface area contributed by atoms with Crippen LogP contribution in [0.5, 0.6) is 0 Å². The third kappa shape index (κ3) is 1.88. The van der Waals surface area contributed by atoms with E-state index in [0.717, 1.165) is 0 Å². The smallest absolute Gasteiger partial charge is 0.358 e. The van der Waals surface area contributed by atoms with Gasteiger partial charge in [0.05, 0.1) is 23.1 Å². The molecule has 1 heterocycles. The first-order valence-electron chi connectivity index (χ1n) is 4.98. The van der Waals surface area contributed by atoms with Crippen molar-refractivity contribution in [3.05, 3.63) is 41.7 Å². The Balaban J connectivity index is 2.59. The van der Waals surface area contributed by atoms with Gasteiger partial charge in [0.1, 0.15) is 0 Å². The van der Waals surface area contributed by atoms with E-state index in [0.29, 0.717) is 5.69 Å². The minimum absolute atomic E-state index is 0.0155. The SMILES string of the molecule is NC(=O)c1ccccc1-n1cc(N)c(C(=O)O)n1. The van der Waals surface area contributed by atoms with Gasteiger partial charge in [0.25, 0.3) is 5.91 Å². The molecule has 7 heteroatoms. The van der Waals surface area contributed by atoms with Crippen molar-refractivity contribution >= 4 is 17.6 Å². The number of hydrogen-bond donors (Lipinski definition) is 3. The molecule has 1 aromatic carbocycles. The molecule has 0 aliphatic rings. The zero-order valence-electron chi connectivity index (χ0n) is 9.20. The summed E-state index contributed by atoms with van der Waals surface area (Å²) in [4.78, 5) is 22.1. The van der Waals surface area contributed by atoms with E-state index in [-0.39, 0.29) is 16.9 Å². The fourth-order valence-corrected chi connectivity index (χ4v) is 1.56. The van der Waals surface area contributed by atoms with Crippen molar-refractivity contribution in [3.63, 3.8) is 0 Å². The fraction of sp³-hybridized carbons (Fsp3) is 0. The molecule has 0 bridgehead atoms. The van der Waals surface area contributed by atoms with Crippen LogP contribution >= 0.6 is 0 Å². The summed E-state index contributed by atoms with van der Waals surface area (Å²) in [6.45, 7) is 0.